The van der Waals surface area contributed by atoms with E-state index in [1.54, 1.807) is 0 Å². The summed E-state index contributed by atoms with van der Waals surface area (Å²) in [6.45, 7) is 6.03. The summed E-state index contributed by atoms with van der Waals surface area (Å²) < 4.78 is 49.0. The lowest BCUT2D eigenvalue weighted by Gasteiger charge is -2.18. The third kappa shape index (κ3) is 6.67. The van der Waals surface area contributed by atoms with Gasteiger partial charge in [-0.1, -0.05) is 32.0 Å². The number of fused-ring (bicyclic) bond motifs is 1. The Hall–Kier alpha value is -2.41. The van der Waals surface area contributed by atoms with Gasteiger partial charge in [0.05, 0.1) is 5.56 Å². The lowest BCUT2D eigenvalue weighted by atomic mass is 9.99. The van der Waals surface area contributed by atoms with Gasteiger partial charge >= 0.3 is 6.18 Å². The third-order valence-electron chi connectivity index (χ3n) is 3.83. The highest BCUT2D eigenvalue weighted by Crippen LogP contribution is 2.31. The van der Waals surface area contributed by atoms with Crippen LogP contribution in [0.5, 0.6) is 0 Å². The molecule has 3 rings (SSSR count). The van der Waals surface area contributed by atoms with Crippen molar-refractivity contribution in [2.75, 3.05) is 12.3 Å². The predicted molar refractivity (Wildman–Crippen MR) is 98.8 cm³/mol. The quantitative estimate of drug-likeness (QED) is 0.455. The Bertz CT molecular complexity index is 745. The van der Waals surface area contributed by atoms with Crippen LogP contribution in [-0.2, 0) is 30.4 Å². The summed E-state index contributed by atoms with van der Waals surface area (Å²) >= 11 is 0. The van der Waals surface area contributed by atoms with Crippen LogP contribution in [0.25, 0.3) is 0 Å². The number of nitrogens with one attached hydrogen (secondary N) is 1. The smallest absolute Gasteiger partial charge is 0.398 e. The zero-order valence-corrected chi connectivity index (χ0v) is 15.4. The molecule has 0 saturated heterocycles. The highest BCUT2D eigenvalue weighted by atomic mass is 19.4. The molecule has 27 heavy (non-hydrogen) atoms. The first-order valence-corrected chi connectivity index (χ1v) is 8.69. The van der Waals surface area contributed by atoms with Crippen molar-refractivity contribution in [1.29, 1.82) is 0 Å². The van der Waals surface area contributed by atoms with Crippen LogP contribution in [0, 0.1) is 5.82 Å². The average molecular weight is 384 g/mol. The maximum Gasteiger partial charge on any atom is 0.419 e. The van der Waals surface area contributed by atoms with Gasteiger partial charge in [-0.25, -0.2) is 4.39 Å². The van der Waals surface area contributed by atoms with Crippen molar-refractivity contribution in [3.8, 4) is 0 Å². The summed E-state index contributed by atoms with van der Waals surface area (Å²) in [6.07, 6.45) is -3.21. The van der Waals surface area contributed by atoms with E-state index >= 15 is 0 Å². The lowest BCUT2D eigenvalue weighted by Crippen LogP contribution is -2.24. The fraction of sp³-hybridized carbons (Fsp3) is 0.350. The maximum atomic E-state index is 12.8. The molecule has 1 aliphatic rings. The number of carbonyl (C=O) groups excluding carboxylic acids is 1. The van der Waals surface area contributed by atoms with Gasteiger partial charge < -0.3 is 15.8 Å². The molecule has 148 valence electrons. The number of anilines is 1. The molecule has 0 saturated carbocycles. The van der Waals surface area contributed by atoms with Crippen LogP contribution in [0.2, 0.25) is 0 Å². The summed E-state index contributed by atoms with van der Waals surface area (Å²) in [7, 11) is 0. The third-order valence-corrected chi connectivity index (χ3v) is 3.83. The van der Waals surface area contributed by atoms with E-state index in [-0.39, 0.29) is 12.0 Å². The zero-order chi connectivity index (χ0) is 20.4. The molecule has 0 aromatic heterocycles. The van der Waals surface area contributed by atoms with Gasteiger partial charge in [-0.3, -0.25) is 0 Å². The topological polar surface area (TPSA) is 55.1 Å². The Morgan fingerprint density at radius 3 is 2.44 bits per heavy atom. The monoisotopic (exact) mass is 384 g/mol. The number of halogens is 4. The maximum absolute atomic E-state index is 12.8. The van der Waals surface area contributed by atoms with Gasteiger partial charge in [-0.15, -0.1) is 0 Å². The second-order valence-corrected chi connectivity index (χ2v) is 5.59. The summed E-state index contributed by atoms with van der Waals surface area (Å²) in [5.41, 5.74) is 8.37. The van der Waals surface area contributed by atoms with Crippen LogP contribution in [0.1, 0.15) is 36.1 Å². The van der Waals surface area contributed by atoms with Crippen molar-refractivity contribution < 1.29 is 22.4 Å². The van der Waals surface area contributed by atoms with Crippen LogP contribution >= 0.6 is 0 Å². The van der Waals surface area contributed by atoms with Crippen molar-refractivity contribution in [1.82, 2.24) is 5.32 Å². The van der Waals surface area contributed by atoms with Crippen LogP contribution in [0.15, 0.2) is 36.4 Å². The minimum Gasteiger partial charge on any atom is -0.398 e. The highest BCUT2D eigenvalue weighted by Gasteiger charge is 2.33. The molecule has 0 spiro atoms. The van der Waals surface area contributed by atoms with Crippen molar-refractivity contribution in [3.63, 3.8) is 0 Å². The van der Waals surface area contributed by atoms with Gasteiger partial charge in [0.2, 0.25) is 0 Å². The Kier molecular flexibility index (Phi) is 8.94. The minimum atomic E-state index is -4.69. The van der Waals surface area contributed by atoms with Crippen molar-refractivity contribution in [2.45, 2.75) is 39.4 Å². The number of carbonyl (C=O) groups is 1. The van der Waals surface area contributed by atoms with E-state index in [1.165, 1.54) is 11.1 Å². The molecule has 0 amide bonds. The van der Waals surface area contributed by atoms with Gasteiger partial charge in [0.15, 0.2) is 0 Å². The Balaban J connectivity index is 0.000000252. The Morgan fingerprint density at radius 2 is 1.89 bits per heavy atom. The minimum absolute atomic E-state index is 0.0882. The van der Waals surface area contributed by atoms with E-state index < -0.39 is 17.6 Å². The SMILES string of the molecule is CC.Nc1cccc2c1CCNC2.O=CCc1ccc(C(F)(F)F)c(F)c1. The zero-order valence-electron chi connectivity index (χ0n) is 15.4. The second kappa shape index (κ2) is 10.7. The molecule has 0 aliphatic carbocycles. The fourth-order valence-electron chi connectivity index (χ4n) is 2.57. The molecule has 0 atom stereocenters. The Morgan fingerprint density at radius 1 is 1.19 bits per heavy atom. The predicted octanol–water partition coefficient (Wildman–Crippen LogP) is 4.53. The average Bonchev–Trinajstić information content (AvgIpc) is 2.64. The molecule has 1 aliphatic heterocycles. The van der Waals surface area contributed by atoms with Crippen molar-refractivity contribution in [3.05, 3.63) is 64.5 Å². The molecule has 2 aromatic rings. The van der Waals surface area contributed by atoms with Crippen LogP contribution < -0.4 is 11.1 Å². The first-order valence-electron chi connectivity index (χ1n) is 8.69. The summed E-state index contributed by atoms with van der Waals surface area (Å²) in [4.78, 5) is 10.0. The molecule has 7 heteroatoms. The van der Waals surface area contributed by atoms with Crippen LogP contribution in [-0.4, -0.2) is 12.8 Å². The standard InChI is InChI=1S/C9H6F4O.C9H12N2.C2H6/c10-8-5-6(3-4-14)1-2-7(8)9(11,12)13;10-9-3-1-2-7-6-11-5-4-8(7)9;1-2/h1-2,4-5H,3H2;1-3,11H,4-6,10H2;1-2H3. The molecule has 3 nitrogen and oxygen atoms in total. The van der Waals surface area contributed by atoms with E-state index in [1.807, 2.05) is 26.0 Å². The summed E-state index contributed by atoms with van der Waals surface area (Å²) in [5, 5.41) is 3.31. The highest BCUT2D eigenvalue weighted by molar-refractivity contribution is 5.55. The van der Waals surface area contributed by atoms with Crippen molar-refractivity contribution in [2.24, 2.45) is 0 Å². The van der Waals surface area contributed by atoms with E-state index in [2.05, 4.69) is 11.4 Å². The molecular formula is C20H24F4N2O. The number of alkyl halides is 3. The van der Waals surface area contributed by atoms with Crippen molar-refractivity contribution >= 4 is 12.0 Å². The van der Waals surface area contributed by atoms with Gasteiger partial charge in [-0.2, -0.15) is 13.2 Å². The normalized spacial score (nSPS) is 12.7. The molecule has 0 unspecified atom stereocenters. The van der Waals surface area contributed by atoms with Gasteiger partial charge in [-0.05, 0) is 47.9 Å². The lowest BCUT2D eigenvalue weighted by molar-refractivity contribution is -0.140. The van der Waals surface area contributed by atoms with E-state index in [0.717, 1.165) is 37.3 Å². The summed E-state index contributed by atoms with van der Waals surface area (Å²) in [5.74, 6) is -1.35. The number of rotatable bonds is 2. The molecule has 3 N–H and O–H groups in total. The largest absolute Gasteiger partial charge is 0.419 e. The van der Waals surface area contributed by atoms with Crippen LogP contribution in [0.3, 0.4) is 0 Å². The second-order valence-electron chi connectivity index (χ2n) is 5.59. The molecule has 2 aromatic carbocycles. The summed E-state index contributed by atoms with van der Waals surface area (Å²) in [6, 6.07) is 8.56. The Labute approximate surface area is 156 Å². The van der Waals surface area contributed by atoms with E-state index in [4.69, 9.17) is 5.73 Å². The number of hydrogen-bond donors (Lipinski definition) is 2. The van der Waals surface area contributed by atoms with Gasteiger partial charge in [0.1, 0.15) is 12.1 Å². The molecule has 1 heterocycles. The molecule has 0 bridgehead atoms. The first-order chi connectivity index (χ1) is 12.8. The molecular weight excluding hydrogens is 360 g/mol. The number of benzene rings is 2. The fourth-order valence-corrected chi connectivity index (χ4v) is 2.57. The van der Waals surface area contributed by atoms with E-state index in [9.17, 15) is 22.4 Å². The van der Waals surface area contributed by atoms with Gasteiger partial charge in [0, 0.05) is 18.7 Å². The number of nitrogens with two attached hydrogens (primary N) is 1. The first kappa shape index (κ1) is 22.6. The van der Waals surface area contributed by atoms with E-state index in [0.29, 0.717) is 12.4 Å². The number of nitrogen functional groups attached to an aromatic ring is 1. The van der Waals surface area contributed by atoms with Crippen LogP contribution in [0.4, 0.5) is 23.2 Å². The molecule has 0 radical (unpaired) electrons. The van der Waals surface area contributed by atoms with Gasteiger partial charge in [0.25, 0.3) is 0 Å². The number of aldehydes is 1. The molecule has 0 fully saturated rings. The number of hydrogen-bond acceptors (Lipinski definition) is 3.